The van der Waals surface area contributed by atoms with E-state index < -0.39 is 0 Å². The van der Waals surface area contributed by atoms with E-state index in [0.717, 1.165) is 49.8 Å². The second-order valence-electron chi connectivity index (χ2n) is 6.14. The van der Waals surface area contributed by atoms with Crippen LogP contribution in [-0.4, -0.2) is 37.6 Å². The average molecular weight is 354 g/mol. The zero-order valence-electron chi connectivity index (χ0n) is 16.2. The third kappa shape index (κ3) is 6.39. The normalized spacial score (nSPS) is 11.3. The molecule has 0 bridgehead atoms. The molecule has 2 rings (SSSR count). The van der Waals surface area contributed by atoms with Crippen LogP contribution in [0.5, 0.6) is 0 Å². The standard InChI is InChI=1S/C21H31N5/c1-4-26(5-2)20-14-13-19(16-24-20)17-25-21(22-3)23-15-9-12-18-10-7-6-8-11-18/h6-8,10-11,13-14,16H,4-5,9,12,15,17H2,1-3H3,(H2,22,23,25). The summed E-state index contributed by atoms with van der Waals surface area (Å²) in [6.07, 6.45) is 4.08. The molecular weight excluding hydrogens is 322 g/mol. The second-order valence-corrected chi connectivity index (χ2v) is 6.14. The molecule has 140 valence electrons. The van der Waals surface area contributed by atoms with Crippen LogP contribution in [0.15, 0.2) is 53.7 Å². The maximum Gasteiger partial charge on any atom is 0.191 e. The second kappa shape index (κ2) is 11.1. The van der Waals surface area contributed by atoms with E-state index in [1.165, 1.54) is 5.56 Å². The zero-order valence-corrected chi connectivity index (χ0v) is 16.2. The molecule has 0 unspecified atom stereocenters. The lowest BCUT2D eigenvalue weighted by atomic mass is 10.1. The van der Waals surface area contributed by atoms with Crippen molar-refractivity contribution in [1.29, 1.82) is 0 Å². The van der Waals surface area contributed by atoms with Gasteiger partial charge in [-0.2, -0.15) is 0 Å². The number of hydrogen-bond donors (Lipinski definition) is 2. The highest BCUT2D eigenvalue weighted by Crippen LogP contribution is 2.10. The molecule has 2 aromatic rings. The molecule has 0 saturated heterocycles. The first-order valence-corrected chi connectivity index (χ1v) is 9.45. The quantitative estimate of drug-likeness (QED) is 0.413. The van der Waals surface area contributed by atoms with Crippen LogP contribution < -0.4 is 15.5 Å². The molecule has 5 nitrogen and oxygen atoms in total. The van der Waals surface area contributed by atoms with Crippen molar-refractivity contribution in [2.45, 2.75) is 33.2 Å². The number of rotatable bonds is 9. The van der Waals surface area contributed by atoms with E-state index in [9.17, 15) is 0 Å². The number of guanidine groups is 1. The Kier molecular flexibility index (Phi) is 8.46. The third-order valence-corrected chi connectivity index (χ3v) is 4.36. The monoisotopic (exact) mass is 353 g/mol. The number of anilines is 1. The van der Waals surface area contributed by atoms with Gasteiger partial charge in [-0.05, 0) is 43.9 Å². The summed E-state index contributed by atoms with van der Waals surface area (Å²) >= 11 is 0. The van der Waals surface area contributed by atoms with E-state index >= 15 is 0 Å². The number of aromatic nitrogens is 1. The molecule has 1 aromatic carbocycles. The number of nitrogens with one attached hydrogen (secondary N) is 2. The molecule has 0 amide bonds. The van der Waals surface area contributed by atoms with Crippen molar-refractivity contribution in [2.24, 2.45) is 4.99 Å². The first-order valence-electron chi connectivity index (χ1n) is 9.45. The van der Waals surface area contributed by atoms with Gasteiger partial charge in [0.05, 0.1) is 0 Å². The van der Waals surface area contributed by atoms with Gasteiger partial charge in [-0.15, -0.1) is 0 Å². The van der Waals surface area contributed by atoms with Gasteiger partial charge in [0, 0.05) is 39.4 Å². The summed E-state index contributed by atoms with van der Waals surface area (Å²) in [7, 11) is 1.80. The first kappa shape index (κ1) is 19.8. The summed E-state index contributed by atoms with van der Waals surface area (Å²) < 4.78 is 0. The predicted molar refractivity (Wildman–Crippen MR) is 111 cm³/mol. The zero-order chi connectivity index (χ0) is 18.6. The molecule has 0 aliphatic rings. The van der Waals surface area contributed by atoms with E-state index in [-0.39, 0.29) is 0 Å². The number of pyridine rings is 1. The lowest BCUT2D eigenvalue weighted by Crippen LogP contribution is -2.37. The van der Waals surface area contributed by atoms with Crippen molar-refractivity contribution in [3.8, 4) is 0 Å². The van der Waals surface area contributed by atoms with Crippen LogP contribution in [0.1, 0.15) is 31.4 Å². The molecule has 0 radical (unpaired) electrons. The summed E-state index contributed by atoms with van der Waals surface area (Å²) in [4.78, 5) is 11.1. The van der Waals surface area contributed by atoms with Crippen LogP contribution in [0.25, 0.3) is 0 Å². The van der Waals surface area contributed by atoms with Crippen LogP contribution in [0.4, 0.5) is 5.82 Å². The van der Waals surface area contributed by atoms with Crippen molar-refractivity contribution >= 4 is 11.8 Å². The SMILES string of the molecule is CCN(CC)c1ccc(CNC(=NC)NCCCc2ccccc2)cn1. The fourth-order valence-corrected chi connectivity index (χ4v) is 2.81. The Morgan fingerprint density at radius 3 is 2.38 bits per heavy atom. The molecule has 0 spiro atoms. The summed E-state index contributed by atoms with van der Waals surface area (Å²) in [5.41, 5.74) is 2.52. The summed E-state index contributed by atoms with van der Waals surface area (Å²) in [5.74, 6) is 1.85. The van der Waals surface area contributed by atoms with Crippen LogP contribution in [0.2, 0.25) is 0 Å². The van der Waals surface area contributed by atoms with Gasteiger partial charge in [0.2, 0.25) is 0 Å². The predicted octanol–water partition coefficient (Wildman–Crippen LogP) is 3.23. The van der Waals surface area contributed by atoms with Gasteiger partial charge in [0.15, 0.2) is 5.96 Å². The van der Waals surface area contributed by atoms with E-state index in [2.05, 4.69) is 81.8 Å². The number of nitrogens with zero attached hydrogens (tertiary/aromatic N) is 3. The highest BCUT2D eigenvalue weighted by Gasteiger charge is 2.03. The van der Waals surface area contributed by atoms with Crippen molar-refractivity contribution in [1.82, 2.24) is 15.6 Å². The van der Waals surface area contributed by atoms with Crippen LogP contribution in [0, 0.1) is 0 Å². The molecule has 1 heterocycles. The lowest BCUT2D eigenvalue weighted by Gasteiger charge is -2.19. The highest BCUT2D eigenvalue weighted by molar-refractivity contribution is 5.79. The Balaban J connectivity index is 1.72. The maximum absolute atomic E-state index is 4.56. The van der Waals surface area contributed by atoms with E-state index in [1.54, 1.807) is 7.05 Å². The fourth-order valence-electron chi connectivity index (χ4n) is 2.81. The van der Waals surface area contributed by atoms with Crippen molar-refractivity contribution < 1.29 is 0 Å². The molecule has 0 aliphatic heterocycles. The number of hydrogen-bond acceptors (Lipinski definition) is 3. The minimum atomic E-state index is 0.712. The molecule has 0 saturated carbocycles. The number of aliphatic imine (C=N–C) groups is 1. The molecule has 26 heavy (non-hydrogen) atoms. The van der Waals surface area contributed by atoms with E-state index in [0.29, 0.717) is 6.54 Å². The van der Waals surface area contributed by atoms with E-state index in [4.69, 9.17) is 0 Å². The Hall–Kier alpha value is -2.56. The molecule has 1 aromatic heterocycles. The van der Waals surface area contributed by atoms with Crippen molar-refractivity contribution in [2.75, 3.05) is 31.6 Å². The first-order chi connectivity index (χ1) is 12.8. The van der Waals surface area contributed by atoms with Crippen molar-refractivity contribution in [3.63, 3.8) is 0 Å². The Morgan fingerprint density at radius 1 is 1.00 bits per heavy atom. The maximum atomic E-state index is 4.56. The van der Waals surface area contributed by atoms with Crippen LogP contribution in [-0.2, 0) is 13.0 Å². The van der Waals surface area contributed by atoms with Gasteiger partial charge in [0.1, 0.15) is 5.82 Å². The minimum absolute atomic E-state index is 0.712. The molecule has 0 atom stereocenters. The van der Waals surface area contributed by atoms with Crippen molar-refractivity contribution in [3.05, 3.63) is 59.8 Å². The van der Waals surface area contributed by atoms with Gasteiger partial charge < -0.3 is 15.5 Å². The Labute approximate surface area is 157 Å². The van der Waals surface area contributed by atoms with Gasteiger partial charge in [-0.3, -0.25) is 4.99 Å². The molecule has 0 aliphatic carbocycles. The smallest absolute Gasteiger partial charge is 0.191 e. The minimum Gasteiger partial charge on any atom is -0.357 e. The summed E-state index contributed by atoms with van der Waals surface area (Å²) in [6.45, 7) is 7.85. The third-order valence-electron chi connectivity index (χ3n) is 4.36. The fraction of sp³-hybridized carbons (Fsp3) is 0.429. The van der Waals surface area contributed by atoms with Gasteiger partial charge >= 0.3 is 0 Å². The molecule has 5 heteroatoms. The van der Waals surface area contributed by atoms with Gasteiger partial charge in [-0.1, -0.05) is 36.4 Å². The highest BCUT2D eigenvalue weighted by atomic mass is 15.2. The topological polar surface area (TPSA) is 52.5 Å². The van der Waals surface area contributed by atoms with Gasteiger partial charge in [0.25, 0.3) is 0 Å². The molecule has 2 N–H and O–H groups in total. The Bertz CT molecular complexity index is 648. The number of benzene rings is 1. The van der Waals surface area contributed by atoms with Gasteiger partial charge in [-0.25, -0.2) is 4.98 Å². The molecular formula is C21H31N5. The lowest BCUT2D eigenvalue weighted by molar-refractivity contribution is 0.741. The molecule has 0 fully saturated rings. The summed E-state index contributed by atoms with van der Waals surface area (Å²) in [6, 6.07) is 14.8. The van der Waals surface area contributed by atoms with E-state index in [1.807, 2.05) is 6.20 Å². The average Bonchev–Trinajstić information content (AvgIpc) is 2.70. The largest absolute Gasteiger partial charge is 0.357 e. The summed E-state index contributed by atoms with van der Waals surface area (Å²) in [5, 5.41) is 6.71. The van der Waals surface area contributed by atoms with Crippen LogP contribution in [0.3, 0.4) is 0 Å². The number of aryl methyl sites for hydroxylation is 1. The Morgan fingerprint density at radius 2 is 1.77 bits per heavy atom. The van der Waals surface area contributed by atoms with Crippen LogP contribution >= 0.6 is 0 Å².